The Morgan fingerprint density at radius 3 is 2.48 bits per heavy atom. The monoisotopic (exact) mass is 308 g/mol. The van der Waals surface area contributed by atoms with Crippen LogP contribution >= 0.6 is 12.2 Å². The number of anilines is 1. The molecule has 1 rings (SSSR count). The molecule has 0 aliphatic carbocycles. The van der Waals surface area contributed by atoms with Gasteiger partial charge in [0.2, 0.25) is 0 Å². The number of nitrogens with zero attached hydrogens (tertiary/aromatic N) is 2. The quantitative estimate of drug-likeness (QED) is 0.478. The smallest absolute Gasteiger partial charge is 0.187 e. The molecule has 1 aromatic rings. The summed E-state index contributed by atoms with van der Waals surface area (Å²) in [7, 11) is 5.69. The van der Waals surface area contributed by atoms with Crippen molar-refractivity contribution in [3.63, 3.8) is 0 Å². The highest BCUT2D eigenvalue weighted by Gasteiger charge is 2.03. The van der Waals surface area contributed by atoms with E-state index in [1.165, 1.54) is 0 Å². The summed E-state index contributed by atoms with van der Waals surface area (Å²) in [5, 5.41) is 7.87. The first-order valence-electron chi connectivity index (χ1n) is 6.81. The van der Waals surface area contributed by atoms with Crippen molar-refractivity contribution in [1.29, 1.82) is 0 Å². The average Bonchev–Trinajstić information content (AvgIpc) is 2.45. The second-order valence-corrected chi connectivity index (χ2v) is 5.49. The summed E-state index contributed by atoms with van der Waals surface area (Å²) < 4.78 is 5.04. The molecule has 0 radical (unpaired) electrons. The third-order valence-electron chi connectivity index (χ3n) is 2.92. The lowest BCUT2D eigenvalue weighted by Crippen LogP contribution is -2.40. The van der Waals surface area contributed by atoms with Gasteiger partial charge in [-0.25, -0.2) is 0 Å². The first kappa shape index (κ1) is 17.4. The molecular formula is C15H24N4OS. The minimum Gasteiger partial charge on any atom is -0.383 e. The third kappa shape index (κ3) is 6.10. The Morgan fingerprint density at radius 2 is 1.95 bits per heavy atom. The summed E-state index contributed by atoms with van der Waals surface area (Å²) in [5.41, 5.74) is 5.94. The first-order valence-corrected chi connectivity index (χ1v) is 7.22. The highest BCUT2D eigenvalue weighted by molar-refractivity contribution is 7.80. The van der Waals surface area contributed by atoms with Crippen LogP contribution in [0, 0.1) is 0 Å². The molecule has 5 nitrogen and oxygen atoms in total. The minimum absolute atomic E-state index is 0.143. The maximum atomic E-state index is 5.18. The maximum absolute atomic E-state index is 5.18. The van der Waals surface area contributed by atoms with E-state index in [0.717, 1.165) is 17.0 Å². The molecule has 2 N–H and O–H groups in total. The van der Waals surface area contributed by atoms with E-state index in [1.807, 2.05) is 40.1 Å². The van der Waals surface area contributed by atoms with Crippen molar-refractivity contribution in [1.82, 2.24) is 10.7 Å². The first-order chi connectivity index (χ1) is 9.93. The number of thiocarbonyl (C=S) groups is 1. The van der Waals surface area contributed by atoms with Gasteiger partial charge in [-0.2, -0.15) is 5.10 Å². The fourth-order valence-electron chi connectivity index (χ4n) is 1.75. The Labute approximate surface area is 132 Å². The number of hydrogen-bond acceptors (Lipinski definition) is 4. The third-order valence-corrected chi connectivity index (χ3v) is 3.13. The van der Waals surface area contributed by atoms with Crippen molar-refractivity contribution in [3.05, 3.63) is 29.8 Å². The summed E-state index contributed by atoms with van der Waals surface area (Å²) in [6.45, 7) is 4.53. The second kappa shape index (κ2) is 8.59. The zero-order valence-corrected chi connectivity index (χ0v) is 14.1. The molecular weight excluding hydrogens is 284 g/mol. The zero-order valence-electron chi connectivity index (χ0n) is 13.3. The Kier molecular flexibility index (Phi) is 7.11. The molecule has 116 valence electrons. The molecule has 0 heterocycles. The molecule has 0 bridgehead atoms. The molecule has 1 atom stereocenters. The van der Waals surface area contributed by atoms with E-state index in [4.69, 9.17) is 17.0 Å². The van der Waals surface area contributed by atoms with Gasteiger partial charge < -0.3 is 15.0 Å². The van der Waals surface area contributed by atoms with Crippen LogP contribution in [-0.2, 0) is 4.74 Å². The van der Waals surface area contributed by atoms with E-state index >= 15 is 0 Å². The number of benzene rings is 1. The van der Waals surface area contributed by atoms with Gasteiger partial charge in [0.15, 0.2) is 5.11 Å². The molecule has 1 aromatic carbocycles. The van der Waals surface area contributed by atoms with E-state index in [-0.39, 0.29) is 6.04 Å². The molecule has 0 unspecified atom stereocenters. The zero-order chi connectivity index (χ0) is 15.8. The topological polar surface area (TPSA) is 48.9 Å². The number of methoxy groups -OCH3 is 1. The van der Waals surface area contributed by atoms with Gasteiger partial charge in [-0.05, 0) is 43.8 Å². The number of hydrazone groups is 1. The summed E-state index contributed by atoms with van der Waals surface area (Å²) in [6.07, 6.45) is 0. The maximum Gasteiger partial charge on any atom is 0.187 e. The van der Waals surface area contributed by atoms with E-state index in [1.54, 1.807) is 7.11 Å². The Balaban J connectivity index is 2.57. The van der Waals surface area contributed by atoms with Gasteiger partial charge in [0.05, 0.1) is 12.3 Å². The molecule has 0 amide bonds. The van der Waals surface area contributed by atoms with Crippen LogP contribution in [0.25, 0.3) is 0 Å². The van der Waals surface area contributed by atoms with Crippen LogP contribution in [0.4, 0.5) is 5.69 Å². The number of hydrogen-bond donors (Lipinski definition) is 2. The number of ether oxygens (including phenoxy) is 1. The highest BCUT2D eigenvalue weighted by atomic mass is 32.1. The van der Waals surface area contributed by atoms with Crippen LogP contribution in [0.2, 0.25) is 0 Å². The van der Waals surface area contributed by atoms with Crippen LogP contribution in [0.1, 0.15) is 19.4 Å². The summed E-state index contributed by atoms with van der Waals surface area (Å²) >= 11 is 5.18. The number of nitrogens with one attached hydrogen (secondary N) is 2. The normalized spacial score (nSPS) is 12.7. The molecule has 0 aromatic heterocycles. The standard InChI is InChI=1S/C15H24N4OS/c1-11(10-20-5)16-15(21)18-17-12(2)13-6-8-14(9-7-13)19(3)4/h6-9,11H,10H2,1-5H3,(H2,16,18,21)/b17-12-/t11-/m0/s1. The van der Waals surface area contributed by atoms with Gasteiger partial charge >= 0.3 is 0 Å². The van der Waals surface area contributed by atoms with Gasteiger partial charge in [-0.1, -0.05) is 12.1 Å². The van der Waals surface area contributed by atoms with Gasteiger partial charge in [0.25, 0.3) is 0 Å². The van der Waals surface area contributed by atoms with Gasteiger partial charge in [-0.3, -0.25) is 5.43 Å². The lowest BCUT2D eigenvalue weighted by molar-refractivity contribution is 0.179. The second-order valence-electron chi connectivity index (χ2n) is 5.08. The van der Waals surface area contributed by atoms with Crippen molar-refractivity contribution >= 4 is 28.7 Å². The lowest BCUT2D eigenvalue weighted by Gasteiger charge is -2.15. The van der Waals surface area contributed by atoms with Crippen LogP contribution in [0.5, 0.6) is 0 Å². The van der Waals surface area contributed by atoms with Gasteiger partial charge in [0, 0.05) is 32.9 Å². The van der Waals surface area contributed by atoms with Crippen LogP contribution < -0.4 is 15.6 Å². The minimum atomic E-state index is 0.143. The predicted molar refractivity (Wildman–Crippen MR) is 93.2 cm³/mol. The van der Waals surface area contributed by atoms with Crippen LogP contribution in [-0.4, -0.2) is 44.7 Å². The van der Waals surface area contributed by atoms with Crippen molar-refractivity contribution in [2.24, 2.45) is 5.10 Å². The fraction of sp³-hybridized carbons (Fsp3) is 0.467. The molecule has 21 heavy (non-hydrogen) atoms. The van der Waals surface area contributed by atoms with Crippen LogP contribution in [0.15, 0.2) is 29.4 Å². The van der Waals surface area contributed by atoms with Gasteiger partial charge in [-0.15, -0.1) is 0 Å². The molecule has 0 aliphatic rings. The Bertz CT molecular complexity index is 485. The Hall–Kier alpha value is -1.66. The number of rotatable bonds is 6. The molecule has 0 saturated carbocycles. The summed E-state index contributed by atoms with van der Waals surface area (Å²) in [5.74, 6) is 0. The molecule has 6 heteroatoms. The van der Waals surface area contributed by atoms with E-state index in [2.05, 4.69) is 32.9 Å². The van der Waals surface area contributed by atoms with E-state index in [9.17, 15) is 0 Å². The van der Waals surface area contributed by atoms with E-state index in [0.29, 0.717) is 11.7 Å². The summed E-state index contributed by atoms with van der Waals surface area (Å²) in [4.78, 5) is 2.06. The summed E-state index contributed by atoms with van der Waals surface area (Å²) in [6, 6.07) is 8.35. The van der Waals surface area contributed by atoms with Crippen molar-refractivity contribution < 1.29 is 4.74 Å². The SMILES string of the molecule is COC[C@H](C)NC(=S)N/N=C(/C)c1ccc(N(C)C)cc1. The van der Waals surface area contributed by atoms with Crippen LogP contribution in [0.3, 0.4) is 0 Å². The van der Waals surface area contributed by atoms with Crippen molar-refractivity contribution in [2.75, 3.05) is 32.7 Å². The lowest BCUT2D eigenvalue weighted by atomic mass is 10.1. The van der Waals surface area contributed by atoms with E-state index < -0.39 is 0 Å². The predicted octanol–water partition coefficient (Wildman–Crippen LogP) is 1.98. The average molecular weight is 308 g/mol. The van der Waals surface area contributed by atoms with Crippen molar-refractivity contribution in [3.8, 4) is 0 Å². The molecule has 0 aliphatic heterocycles. The Morgan fingerprint density at radius 1 is 1.33 bits per heavy atom. The molecule has 0 spiro atoms. The molecule has 0 fully saturated rings. The largest absolute Gasteiger partial charge is 0.383 e. The fourth-order valence-corrected chi connectivity index (χ4v) is 1.99. The highest BCUT2D eigenvalue weighted by Crippen LogP contribution is 2.12. The molecule has 0 saturated heterocycles. The van der Waals surface area contributed by atoms with Gasteiger partial charge in [0.1, 0.15) is 0 Å². The van der Waals surface area contributed by atoms with Crippen molar-refractivity contribution in [2.45, 2.75) is 19.9 Å².